The molecule has 2 fully saturated rings. The van der Waals surface area contributed by atoms with Crippen LogP contribution in [0.4, 0.5) is 5.69 Å². The maximum atomic E-state index is 12.0. The van der Waals surface area contributed by atoms with E-state index in [2.05, 4.69) is 15.9 Å². The topological polar surface area (TPSA) is 54.5 Å². The zero-order chi connectivity index (χ0) is 12.9. The third-order valence-corrected chi connectivity index (χ3v) is 5.89. The predicted octanol–water partition coefficient (Wildman–Crippen LogP) is 1.60. The predicted molar refractivity (Wildman–Crippen MR) is 72.2 cm³/mol. The molecule has 2 heterocycles. The van der Waals surface area contributed by atoms with Crippen molar-refractivity contribution in [2.45, 2.75) is 12.5 Å². The third-order valence-electron chi connectivity index (χ3n) is 3.58. The van der Waals surface area contributed by atoms with Gasteiger partial charge in [-0.05, 0) is 24.3 Å². The van der Waals surface area contributed by atoms with Gasteiger partial charge in [0.2, 0.25) is 5.91 Å². The minimum Gasteiger partial charge on any atom is -0.308 e. The summed E-state index contributed by atoms with van der Waals surface area (Å²) in [6, 6.07) is 7.23. The van der Waals surface area contributed by atoms with Crippen LogP contribution >= 0.6 is 15.9 Å². The van der Waals surface area contributed by atoms with Crippen LogP contribution in [-0.2, 0) is 14.6 Å². The van der Waals surface area contributed by atoms with Crippen LogP contribution < -0.4 is 4.90 Å². The Hall–Kier alpha value is -0.880. The normalized spacial score (nSPS) is 29.6. The number of rotatable bonds is 1. The molecular weight excluding hydrogens is 318 g/mol. The second-order valence-electron chi connectivity index (χ2n) is 4.85. The molecule has 0 aromatic heterocycles. The monoisotopic (exact) mass is 329 g/mol. The Morgan fingerprint density at radius 1 is 1.17 bits per heavy atom. The van der Waals surface area contributed by atoms with Gasteiger partial charge in [-0.1, -0.05) is 15.9 Å². The highest BCUT2D eigenvalue weighted by Crippen LogP contribution is 2.37. The molecule has 0 aliphatic carbocycles. The summed E-state index contributed by atoms with van der Waals surface area (Å²) in [6.07, 6.45) is 0.347. The molecule has 0 saturated carbocycles. The van der Waals surface area contributed by atoms with Crippen molar-refractivity contribution in [2.75, 3.05) is 16.4 Å². The van der Waals surface area contributed by atoms with Crippen molar-refractivity contribution in [3.63, 3.8) is 0 Å². The van der Waals surface area contributed by atoms with Gasteiger partial charge in [0.25, 0.3) is 0 Å². The molecule has 6 heteroatoms. The van der Waals surface area contributed by atoms with E-state index in [0.29, 0.717) is 6.42 Å². The van der Waals surface area contributed by atoms with Crippen molar-refractivity contribution in [2.24, 2.45) is 5.92 Å². The van der Waals surface area contributed by atoms with Gasteiger partial charge in [-0.25, -0.2) is 8.42 Å². The van der Waals surface area contributed by atoms with E-state index in [1.165, 1.54) is 0 Å². The smallest absolute Gasteiger partial charge is 0.227 e. The quantitative estimate of drug-likeness (QED) is 0.786. The Labute approximate surface area is 114 Å². The molecule has 1 aromatic carbocycles. The lowest BCUT2D eigenvalue weighted by molar-refractivity contribution is -0.117. The summed E-state index contributed by atoms with van der Waals surface area (Å²) in [5.74, 6) is 0.240. The summed E-state index contributed by atoms with van der Waals surface area (Å²) < 4.78 is 24.2. The largest absolute Gasteiger partial charge is 0.308 e. The van der Waals surface area contributed by atoms with Gasteiger partial charge in [0.1, 0.15) is 0 Å². The van der Waals surface area contributed by atoms with Gasteiger partial charge < -0.3 is 4.90 Å². The number of hydrogen-bond donors (Lipinski definition) is 0. The van der Waals surface area contributed by atoms with Crippen molar-refractivity contribution >= 4 is 37.4 Å². The summed E-state index contributed by atoms with van der Waals surface area (Å²) in [5.41, 5.74) is 0.785. The molecule has 0 bridgehead atoms. The Kier molecular flexibility index (Phi) is 2.75. The number of nitrogens with zero attached hydrogens (tertiary/aromatic N) is 1. The highest BCUT2D eigenvalue weighted by atomic mass is 79.9. The number of anilines is 1. The van der Waals surface area contributed by atoms with Gasteiger partial charge in [0.15, 0.2) is 9.84 Å². The Balaban J connectivity index is 1.96. The molecule has 4 nitrogen and oxygen atoms in total. The van der Waals surface area contributed by atoms with Crippen LogP contribution in [0.15, 0.2) is 28.7 Å². The third kappa shape index (κ3) is 1.97. The first kappa shape index (κ1) is 12.2. The number of benzene rings is 1. The number of hydrogen-bond acceptors (Lipinski definition) is 3. The minimum absolute atomic E-state index is 0.0298. The molecular formula is C12H12BrNO3S. The van der Waals surface area contributed by atoms with E-state index in [1.54, 1.807) is 4.90 Å². The molecule has 1 aromatic rings. The lowest BCUT2D eigenvalue weighted by Crippen LogP contribution is -2.36. The maximum absolute atomic E-state index is 12.0. The second-order valence-corrected chi connectivity index (χ2v) is 7.92. The van der Waals surface area contributed by atoms with E-state index in [4.69, 9.17) is 0 Å². The number of halogens is 1. The van der Waals surface area contributed by atoms with Crippen LogP contribution in [-0.4, -0.2) is 31.9 Å². The first-order valence-corrected chi connectivity index (χ1v) is 8.36. The van der Waals surface area contributed by atoms with Gasteiger partial charge in [0, 0.05) is 22.5 Å². The van der Waals surface area contributed by atoms with Gasteiger partial charge in [-0.3, -0.25) is 4.79 Å². The summed E-state index contributed by atoms with van der Waals surface area (Å²) >= 11 is 3.34. The summed E-state index contributed by atoms with van der Waals surface area (Å²) in [5, 5.41) is 0. The summed E-state index contributed by atoms with van der Waals surface area (Å²) in [7, 11) is -2.98. The molecule has 1 amide bonds. The number of carbonyl (C=O) groups excluding carboxylic acids is 1. The van der Waals surface area contributed by atoms with Crippen LogP contribution in [0.1, 0.15) is 6.42 Å². The molecule has 3 rings (SSSR count). The van der Waals surface area contributed by atoms with Crippen LogP contribution in [0.2, 0.25) is 0 Å². The fourth-order valence-corrected chi connectivity index (χ4v) is 5.16. The Morgan fingerprint density at radius 3 is 2.50 bits per heavy atom. The van der Waals surface area contributed by atoms with Crippen LogP contribution in [0.5, 0.6) is 0 Å². The van der Waals surface area contributed by atoms with Gasteiger partial charge in [0.05, 0.1) is 17.5 Å². The molecule has 2 saturated heterocycles. The number of carbonyl (C=O) groups is 1. The Bertz CT molecular complexity index is 596. The highest BCUT2D eigenvalue weighted by Gasteiger charge is 2.49. The zero-order valence-corrected chi connectivity index (χ0v) is 11.9. The maximum Gasteiger partial charge on any atom is 0.227 e. The number of amides is 1. The van der Waals surface area contributed by atoms with Crippen molar-refractivity contribution in [3.8, 4) is 0 Å². The number of sulfone groups is 1. The highest BCUT2D eigenvalue weighted by molar-refractivity contribution is 9.10. The summed E-state index contributed by atoms with van der Waals surface area (Å²) in [4.78, 5) is 13.7. The first-order valence-electron chi connectivity index (χ1n) is 5.74. The summed E-state index contributed by atoms with van der Waals surface area (Å²) in [6.45, 7) is 0. The minimum atomic E-state index is -2.98. The van der Waals surface area contributed by atoms with E-state index in [0.717, 1.165) is 10.2 Å². The lowest BCUT2D eigenvalue weighted by atomic mass is 10.1. The van der Waals surface area contributed by atoms with Crippen molar-refractivity contribution in [1.29, 1.82) is 0 Å². The molecule has 2 aliphatic heterocycles. The second kappa shape index (κ2) is 4.06. The first-order chi connectivity index (χ1) is 8.46. The van der Waals surface area contributed by atoms with E-state index in [9.17, 15) is 13.2 Å². The molecule has 96 valence electrons. The van der Waals surface area contributed by atoms with Gasteiger partial charge in [-0.2, -0.15) is 0 Å². The van der Waals surface area contributed by atoms with Crippen LogP contribution in [0.3, 0.4) is 0 Å². The van der Waals surface area contributed by atoms with Crippen molar-refractivity contribution < 1.29 is 13.2 Å². The van der Waals surface area contributed by atoms with Gasteiger partial charge in [-0.15, -0.1) is 0 Å². The van der Waals surface area contributed by atoms with E-state index in [1.807, 2.05) is 24.3 Å². The molecule has 18 heavy (non-hydrogen) atoms. The van der Waals surface area contributed by atoms with Crippen LogP contribution in [0, 0.1) is 5.92 Å². The molecule has 2 atom stereocenters. The number of fused-ring (bicyclic) bond motifs is 1. The zero-order valence-electron chi connectivity index (χ0n) is 9.54. The average Bonchev–Trinajstić information content (AvgIpc) is 2.70. The Morgan fingerprint density at radius 2 is 1.83 bits per heavy atom. The molecule has 0 spiro atoms. The van der Waals surface area contributed by atoms with Gasteiger partial charge >= 0.3 is 0 Å². The molecule has 0 unspecified atom stereocenters. The standard InChI is InChI=1S/C12H12BrNO3S/c13-9-1-3-10(4-2-9)14-11-7-18(16,17)6-8(11)5-12(14)15/h1-4,8,11H,5-7H2/t8-,11+/m0/s1. The SMILES string of the molecule is O=C1C[C@H]2CS(=O)(=O)C[C@H]2N1c1ccc(Br)cc1. The molecule has 0 N–H and O–H groups in total. The molecule has 2 aliphatic rings. The fourth-order valence-electron chi connectivity index (χ4n) is 2.83. The van der Waals surface area contributed by atoms with E-state index < -0.39 is 9.84 Å². The molecule has 0 radical (unpaired) electrons. The van der Waals surface area contributed by atoms with Crippen LogP contribution in [0.25, 0.3) is 0 Å². The van der Waals surface area contributed by atoms with E-state index in [-0.39, 0.29) is 29.4 Å². The van der Waals surface area contributed by atoms with Crippen molar-refractivity contribution in [1.82, 2.24) is 0 Å². The van der Waals surface area contributed by atoms with E-state index >= 15 is 0 Å². The fraction of sp³-hybridized carbons (Fsp3) is 0.417. The van der Waals surface area contributed by atoms with Crippen molar-refractivity contribution in [3.05, 3.63) is 28.7 Å². The lowest BCUT2D eigenvalue weighted by Gasteiger charge is -2.23. The average molecular weight is 330 g/mol.